The fourth-order valence-electron chi connectivity index (χ4n) is 2.61. The van der Waals surface area contributed by atoms with Gasteiger partial charge in [-0.2, -0.15) is 0 Å². The predicted octanol–water partition coefficient (Wildman–Crippen LogP) is 3.01. The smallest absolute Gasteiger partial charge is 0.129 e. The van der Waals surface area contributed by atoms with E-state index in [-0.39, 0.29) is 5.41 Å². The molecule has 1 atom stereocenters. The molecule has 1 N–H and O–H groups in total. The van der Waals surface area contributed by atoms with Crippen molar-refractivity contribution in [3.05, 3.63) is 59.8 Å². The van der Waals surface area contributed by atoms with Crippen molar-refractivity contribution in [1.29, 1.82) is 0 Å². The van der Waals surface area contributed by atoms with Crippen LogP contribution >= 0.6 is 0 Å². The summed E-state index contributed by atoms with van der Waals surface area (Å²) in [6.45, 7) is 3.27. The molecule has 0 amide bonds. The zero-order valence-corrected chi connectivity index (χ0v) is 9.98. The van der Waals surface area contributed by atoms with Gasteiger partial charge in [0, 0.05) is 23.7 Å². The molecule has 86 valence electrons. The summed E-state index contributed by atoms with van der Waals surface area (Å²) in [6, 6.07) is 14.9. The van der Waals surface area contributed by atoms with Crippen LogP contribution in [0.2, 0.25) is 0 Å². The Morgan fingerprint density at radius 2 is 2.00 bits per heavy atom. The van der Waals surface area contributed by atoms with Gasteiger partial charge in [0.2, 0.25) is 0 Å². The molecule has 1 aromatic heterocycles. The standard InChI is InChI=1S/C15H16N2/c1-15(10-12-6-3-2-4-7-12)11-17-14-13(15)8-5-9-16-14/h2-9H,10-11H2,1H3,(H,16,17)/t15-/m1/s1. The summed E-state index contributed by atoms with van der Waals surface area (Å²) < 4.78 is 0. The monoisotopic (exact) mass is 224 g/mol. The molecule has 0 saturated carbocycles. The van der Waals surface area contributed by atoms with E-state index in [4.69, 9.17) is 0 Å². The summed E-state index contributed by atoms with van der Waals surface area (Å²) in [5.41, 5.74) is 2.88. The van der Waals surface area contributed by atoms with Crippen LogP contribution in [-0.4, -0.2) is 11.5 Å². The molecule has 1 aliphatic heterocycles. The summed E-state index contributed by atoms with van der Waals surface area (Å²) in [6.07, 6.45) is 2.90. The molecule has 0 aliphatic carbocycles. The van der Waals surface area contributed by atoms with Gasteiger partial charge in [-0.3, -0.25) is 0 Å². The highest BCUT2D eigenvalue weighted by Crippen LogP contribution is 2.37. The molecule has 0 radical (unpaired) electrons. The molecule has 2 heteroatoms. The topological polar surface area (TPSA) is 24.9 Å². The Balaban J connectivity index is 1.94. The second-order valence-electron chi connectivity index (χ2n) is 4.98. The first-order valence-electron chi connectivity index (χ1n) is 6.01. The van der Waals surface area contributed by atoms with Gasteiger partial charge >= 0.3 is 0 Å². The minimum Gasteiger partial charge on any atom is -0.369 e. The van der Waals surface area contributed by atoms with Crippen molar-refractivity contribution in [1.82, 2.24) is 4.98 Å². The molecule has 0 saturated heterocycles. The Hall–Kier alpha value is -1.83. The number of aromatic nitrogens is 1. The van der Waals surface area contributed by atoms with Crippen molar-refractivity contribution < 1.29 is 0 Å². The van der Waals surface area contributed by atoms with Gasteiger partial charge in [0.1, 0.15) is 5.82 Å². The zero-order valence-electron chi connectivity index (χ0n) is 9.98. The van der Waals surface area contributed by atoms with Gasteiger partial charge in [-0.1, -0.05) is 43.3 Å². The van der Waals surface area contributed by atoms with Crippen molar-refractivity contribution in [3.63, 3.8) is 0 Å². The van der Waals surface area contributed by atoms with E-state index in [0.29, 0.717) is 0 Å². The van der Waals surface area contributed by atoms with E-state index in [1.165, 1.54) is 11.1 Å². The second kappa shape index (κ2) is 3.88. The molecule has 1 aliphatic rings. The highest BCUT2D eigenvalue weighted by molar-refractivity contribution is 5.55. The first kappa shape index (κ1) is 10.3. The zero-order chi connectivity index (χ0) is 11.7. The van der Waals surface area contributed by atoms with Crippen LogP contribution in [0.5, 0.6) is 0 Å². The average Bonchev–Trinajstić information content (AvgIpc) is 2.69. The molecule has 2 aromatic rings. The minimum atomic E-state index is 0.158. The molecule has 3 rings (SSSR count). The Morgan fingerprint density at radius 3 is 2.82 bits per heavy atom. The number of nitrogens with one attached hydrogen (secondary N) is 1. The van der Waals surface area contributed by atoms with E-state index in [1.807, 2.05) is 12.3 Å². The van der Waals surface area contributed by atoms with E-state index < -0.39 is 0 Å². The molecular formula is C15H16N2. The van der Waals surface area contributed by atoms with Crippen molar-refractivity contribution in [3.8, 4) is 0 Å². The van der Waals surface area contributed by atoms with Crippen LogP contribution in [0.15, 0.2) is 48.7 Å². The summed E-state index contributed by atoms with van der Waals surface area (Å²) >= 11 is 0. The van der Waals surface area contributed by atoms with E-state index in [1.54, 1.807) is 0 Å². The Kier molecular flexibility index (Phi) is 2.36. The highest BCUT2D eigenvalue weighted by Gasteiger charge is 2.34. The maximum Gasteiger partial charge on any atom is 0.129 e. The third-order valence-corrected chi connectivity index (χ3v) is 3.54. The van der Waals surface area contributed by atoms with Crippen molar-refractivity contribution in [2.24, 2.45) is 0 Å². The van der Waals surface area contributed by atoms with Crippen LogP contribution in [0.25, 0.3) is 0 Å². The average molecular weight is 224 g/mol. The maximum absolute atomic E-state index is 4.39. The molecular weight excluding hydrogens is 208 g/mol. The van der Waals surface area contributed by atoms with Crippen molar-refractivity contribution in [2.45, 2.75) is 18.8 Å². The predicted molar refractivity (Wildman–Crippen MR) is 70.2 cm³/mol. The van der Waals surface area contributed by atoms with Crippen LogP contribution < -0.4 is 5.32 Å². The fourth-order valence-corrected chi connectivity index (χ4v) is 2.61. The molecule has 17 heavy (non-hydrogen) atoms. The van der Waals surface area contributed by atoms with Crippen molar-refractivity contribution in [2.75, 3.05) is 11.9 Å². The quantitative estimate of drug-likeness (QED) is 0.848. The second-order valence-corrected chi connectivity index (χ2v) is 4.98. The summed E-state index contributed by atoms with van der Waals surface area (Å²) in [7, 11) is 0. The number of benzene rings is 1. The number of rotatable bonds is 2. The molecule has 0 bridgehead atoms. The minimum absolute atomic E-state index is 0.158. The van der Waals surface area contributed by atoms with Crippen LogP contribution in [0.4, 0.5) is 5.82 Å². The Labute approximate surface area is 102 Å². The summed E-state index contributed by atoms with van der Waals surface area (Å²) in [5.74, 6) is 1.05. The SMILES string of the molecule is C[C@@]1(Cc2ccccc2)CNc2ncccc21. The third kappa shape index (κ3) is 1.80. The number of hydrogen-bond donors (Lipinski definition) is 1. The molecule has 2 heterocycles. The largest absolute Gasteiger partial charge is 0.369 e. The summed E-state index contributed by atoms with van der Waals surface area (Å²) in [5, 5.41) is 3.40. The molecule has 0 unspecified atom stereocenters. The number of hydrogen-bond acceptors (Lipinski definition) is 2. The lowest BCUT2D eigenvalue weighted by Crippen LogP contribution is -2.27. The van der Waals surface area contributed by atoms with Gasteiger partial charge in [0.15, 0.2) is 0 Å². The lowest BCUT2D eigenvalue weighted by molar-refractivity contribution is 0.519. The Morgan fingerprint density at radius 1 is 1.18 bits per heavy atom. The van der Waals surface area contributed by atoms with E-state index in [9.17, 15) is 0 Å². The first-order valence-corrected chi connectivity index (χ1v) is 6.01. The third-order valence-electron chi connectivity index (χ3n) is 3.54. The fraction of sp³-hybridized carbons (Fsp3) is 0.267. The van der Waals surface area contributed by atoms with Gasteiger partial charge in [0.05, 0.1) is 0 Å². The number of anilines is 1. The van der Waals surface area contributed by atoms with E-state index >= 15 is 0 Å². The van der Waals surface area contributed by atoms with Gasteiger partial charge in [-0.25, -0.2) is 4.98 Å². The van der Waals surface area contributed by atoms with Crippen LogP contribution in [-0.2, 0) is 11.8 Å². The van der Waals surface area contributed by atoms with Crippen molar-refractivity contribution >= 4 is 5.82 Å². The maximum atomic E-state index is 4.39. The van der Waals surface area contributed by atoms with Gasteiger partial charge in [-0.05, 0) is 18.1 Å². The molecule has 2 nitrogen and oxygen atoms in total. The lowest BCUT2D eigenvalue weighted by atomic mass is 9.79. The van der Waals surface area contributed by atoms with E-state index in [0.717, 1.165) is 18.8 Å². The van der Waals surface area contributed by atoms with E-state index in [2.05, 4.69) is 53.6 Å². The van der Waals surface area contributed by atoms with Crippen LogP contribution in [0.1, 0.15) is 18.1 Å². The lowest BCUT2D eigenvalue weighted by Gasteiger charge is -2.23. The van der Waals surface area contributed by atoms with Gasteiger partial charge in [0.25, 0.3) is 0 Å². The van der Waals surface area contributed by atoms with Crippen LogP contribution in [0.3, 0.4) is 0 Å². The number of nitrogens with zero attached hydrogens (tertiary/aromatic N) is 1. The highest BCUT2D eigenvalue weighted by atomic mass is 15.0. The summed E-state index contributed by atoms with van der Waals surface area (Å²) in [4.78, 5) is 4.39. The van der Waals surface area contributed by atoms with Crippen LogP contribution in [0, 0.1) is 0 Å². The first-order chi connectivity index (χ1) is 8.28. The number of fused-ring (bicyclic) bond motifs is 1. The normalized spacial score (nSPS) is 21.9. The molecule has 0 fully saturated rings. The Bertz CT molecular complexity index is 521. The molecule has 0 spiro atoms. The molecule has 1 aromatic carbocycles. The van der Waals surface area contributed by atoms with Gasteiger partial charge in [-0.15, -0.1) is 0 Å². The van der Waals surface area contributed by atoms with Gasteiger partial charge < -0.3 is 5.32 Å². The number of pyridine rings is 1.